The minimum Gasteiger partial charge on any atom is -0.479 e. The van der Waals surface area contributed by atoms with Gasteiger partial charge in [0.1, 0.15) is 5.54 Å². The summed E-state index contributed by atoms with van der Waals surface area (Å²) in [6.07, 6.45) is 3.27. The van der Waals surface area contributed by atoms with E-state index in [0.29, 0.717) is 38.1 Å². The molecular formula is C15H24N2O4S. The van der Waals surface area contributed by atoms with Gasteiger partial charge in [0.15, 0.2) is 0 Å². The number of nitrogens with one attached hydrogen (secondary N) is 1. The van der Waals surface area contributed by atoms with Gasteiger partial charge in [0, 0.05) is 25.3 Å². The van der Waals surface area contributed by atoms with E-state index < -0.39 is 11.5 Å². The minimum absolute atomic E-state index is 0.0874. The molecule has 2 saturated heterocycles. The van der Waals surface area contributed by atoms with Crippen molar-refractivity contribution in [2.45, 2.75) is 44.6 Å². The predicted molar refractivity (Wildman–Crippen MR) is 84.7 cm³/mol. The first-order chi connectivity index (χ1) is 10.5. The molecule has 2 N–H and O–H groups in total. The number of carbonyl (C=O) groups is 3. The molecule has 0 spiro atoms. The van der Waals surface area contributed by atoms with Gasteiger partial charge in [-0.2, -0.15) is 11.8 Å². The lowest BCUT2D eigenvalue weighted by molar-refractivity contribution is -0.148. The van der Waals surface area contributed by atoms with Gasteiger partial charge in [-0.25, -0.2) is 4.79 Å². The van der Waals surface area contributed by atoms with E-state index in [1.54, 1.807) is 16.7 Å². The lowest BCUT2D eigenvalue weighted by Crippen LogP contribution is -2.57. The first kappa shape index (κ1) is 17.1. The Bertz CT molecular complexity index is 449. The number of rotatable bonds is 5. The fourth-order valence-electron chi connectivity index (χ4n) is 3.01. The Morgan fingerprint density at radius 3 is 2.77 bits per heavy atom. The van der Waals surface area contributed by atoms with Crippen LogP contribution >= 0.6 is 11.8 Å². The van der Waals surface area contributed by atoms with Gasteiger partial charge in [-0.3, -0.25) is 9.59 Å². The Balaban J connectivity index is 1.97. The van der Waals surface area contributed by atoms with E-state index in [1.165, 1.54) is 0 Å². The molecule has 22 heavy (non-hydrogen) atoms. The van der Waals surface area contributed by atoms with Crippen molar-refractivity contribution in [2.75, 3.05) is 24.6 Å². The topological polar surface area (TPSA) is 86.7 Å². The number of amides is 2. The molecule has 0 saturated carbocycles. The van der Waals surface area contributed by atoms with Crippen molar-refractivity contribution >= 4 is 29.5 Å². The number of aliphatic carboxylic acids is 1. The van der Waals surface area contributed by atoms with Gasteiger partial charge in [0.25, 0.3) is 0 Å². The first-order valence-electron chi connectivity index (χ1n) is 7.89. The van der Waals surface area contributed by atoms with E-state index in [1.807, 2.05) is 6.92 Å². The molecule has 7 heteroatoms. The lowest BCUT2D eigenvalue weighted by Gasteiger charge is -2.34. The largest absolute Gasteiger partial charge is 0.479 e. The molecule has 2 aliphatic rings. The van der Waals surface area contributed by atoms with Gasteiger partial charge >= 0.3 is 5.97 Å². The molecule has 0 aliphatic carbocycles. The molecule has 0 radical (unpaired) electrons. The molecule has 2 atom stereocenters. The number of carboxylic acids is 1. The van der Waals surface area contributed by atoms with Crippen LogP contribution in [0.5, 0.6) is 0 Å². The Morgan fingerprint density at radius 1 is 1.41 bits per heavy atom. The fraction of sp³-hybridized carbons (Fsp3) is 0.800. The summed E-state index contributed by atoms with van der Waals surface area (Å²) >= 11 is 1.55. The minimum atomic E-state index is -1.13. The summed E-state index contributed by atoms with van der Waals surface area (Å²) in [5, 5.41) is 12.2. The van der Waals surface area contributed by atoms with E-state index in [4.69, 9.17) is 0 Å². The van der Waals surface area contributed by atoms with Crippen molar-refractivity contribution in [1.82, 2.24) is 10.2 Å². The molecule has 0 aromatic carbocycles. The summed E-state index contributed by atoms with van der Waals surface area (Å²) in [6, 6.07) is 0. The monoisotopic (exact) mass is 328 g/mol. The average Bonchev–Trinajstić information content (AvgIpc) is 2.97. The van der Waals surface area contributed by atoms with Crippen molar-refractivity contribution in [3.63, 3.8) is 0 Å². The SMILES string of the molecule is CCCC(=O)N1CCCC(C(=O)NC2(C(=O)O)CCSC2)C1. The van der Waals surface area contributed by atoms with Crippen LogP contribution in [0.3, 0.4) is 0 Å². The molecule has 0 aromatic heterocycles. The second kappa shape index (κ2) is 7.35. The quantitative estimate of drug-likeness (QED) is 0.789. The van der Waals surface area contributed by atoms with Crippen LogP contribution in [0.1, 0.15) is 39.0 Å². The van der Waals surface area contributed by atoms with Crippen LogP contribution in [0.25, 0.3) is 0 Å². The van der Waals surface area contributed by atoms with E-state index in [-0.39, 0.29) is 17.7 Å². The van der Waals surface area contributed by atoms with Gasteiger partial charge < -0.3 is 15.3 Å². The Morgan fingerprint density at radius 2 is 2.18 bits per heavy atom. The highest BCUT2D eigenvalue weighted by Crippen LogP contribution is 2.29. The van der Waals surface area contributed by atoms with Crippen molar-refractivity contribution in [3.8, 4) is 0 Å². The summed E-state index contributed by atoms with van der Waals surface area (Å²) < 4.78 is 0. The highest BCUT2D eigenvalue weighted by atomic mass is 32.2. The normalized spacial score (nSPS) is 28.4. The summed E-state index contributed by atoms with van der Waals surface area (Å²) in [4.78, 5) is 37.7. The van der Waals surface area contributed by atoms with Crippen molar-refractivity contribution in [2.24, 2.45) is 5.92 Å². The van der Waals surface area contributed by atoms with E-state index in [2.05, 4.69) is 5.32 Å². The zero-order valence-corrected chi connectivity index (χ0v) is 13.8. The maximum atomic E-state index is 12.5. The Kier molecular flexibility index (Phi) is 5.72. The number of nitrogens with zero attached hydrogens (tertiary/aromatic N) is 1. The second-order valence-corrected chi connectivity index (χ2v) is 7.21. The van der Waals surface area contributed by atoms with Crippen LogP contribution in [-0.2, 0) is 14.4 Å². The first-order valence-corrected chi connectivity index (χ1v) is 9.05. The molecule has 0 aromatic rings. The number of carboxylic acid groups (broad SMARTS) is 1. The van der Waals surface area contributed by atoms with Gasteiger partial charge in [0.2, 0.25) is 11.8 Å². The van der Waals surface area contributed by atoms with Crippen LogP contribution in [0.15, 0.2) is 0 Å². The van der Waals surface area contributed by atoms with E-state index in [9.17, 15) is 19.5 Å². The maximum absolute atomic E-state index is 12.5. The van der Waals surface area contributed by atoms with Crippen molar-refractivity contribution in [1.29, 1.82) is 0 Å². The third kappa shape index (κ3) is 3.74. The number of carbonyl (C=O) groups excluding carboxylic acids is 2. The summed E-state index contributed by atoms with van der Waals surface area (Å²) in [5.41, 5.74) is -1.13. The molecule has 0 bridgehead atoms. The van der Waals surface area contributed by atoms with Gasteiger partial charge in [-0.1, -0.05) is 6.92 Å². The third-order valence-electron chi connectivity index (χ3n) is 4.40. The molecule has 2 fully saturated rings. The van der Waals surface area contributed by atoms with Gasteiger partial charge in [0.05, 0.1) is 5.92 Å². The molecule has 2 aliphatic heterocycles. The molecule has 2 amide bonds. The predicted octanol–water partition coefficient (Wildman–Crippen LogP) is 1.10. The molecule has 2 heterocycles. The molecule has 6 nitrogen and oxygen atoms in total. The summed E-state index contributed by atoms with van der Waals surface area (Å²) in [6.45, 7) is 3.07. The van der Waals surface area contributed by atoms with Crippen molar-refractivity contribution in [3.05, 3.63) is 0 Å². The molecule has 2 unspecified atom stereocenters. The van der Waals surface area contributed by atoms with Gasteiger partial charge in [-0.05, 0) is 31.4 Å². The summed E-state index contributed by atoms with van der Waals surface area (Å²) in [5.74, 6) is -0.224. The Hall–Kier alpha value is -1.24. The average molecular weight is 328 g/mol. The standard InChI is InChI=1S/C15H24N2O4S/c1-2-4-12(18)17-7-3-5-11(9-17)13(19)16-15(14(20)21)6-8-22-10-15/h11H,2-10H2,1H3,(H,16,19)(H,20,21). The van der Waals surface area contributed by atoms with Crippen LogP contribution in [0, 0.1) is 5.92 Å². The maximum Gasteiger partial charge on any atom is 0.330 e. The summed E-state index contributed by atoms with van der Waals surface area (Å²) in [7, 11) is 0. The smallest absolute Gasteiger partial charge is 0.330 e. The number of hydrogen-bond donors (Lipinski definition) is 2. The van der Waals surface area contributed by atoms with Crippen LogP contribution in [0.4, 0.5) is 0 Å². The number of piperidine rings is 1. The van der Waals surface area contributed by atoms with Gasteiger partial charge in [-0.15, -0.1) is 0 Å². The van der Waals surface area contributed by atoms with Crippen LogP contribution in [0.2, 0.25) is 0 Å². The molecule has 2 rings (SSSR count). The Labute approximate surface area is 135 Å². The second-order valence-electron chi connectivity index (χ2n) is 6.11. The number of hydrogen-bond acceptors (Lipinski definition) is 4. The van der Waals surface area contributed by atoms with E-state index in [0.717, 1.165) is 18.6 Å². The van der Waals surface area contributed by atoms with Crippen LogP contribution in [-0.4, -0.2) is 57.9 Å². The lowest BCUT2D eigenvalue weighted by atomic mass is 9.93. The van der Waals surface area contributed by atoms with Crippen LogP contribution < -0.4 is 5.32 Å². The number of thioether (sulfide) groups is 1. The zero-order chi connectivity index (χ0) is 16.2. The van der Waals surface area contributed by atoms with E-state index >= 15 is 0 Å². The zero-order valence-electron chi connectivity index (χ0n) is 13.0. The van der Waals surface area contributed by atoms with Crippen molar-refractivity contribution < 1.29 is 19.5 Å². The molecule has 124 valence electrons. The fourth-order valence-corrected chi connectivity index (χ4v) is 4.34. The highest BCUT2D eigenvalue weighted by Gasteiger charge is 2.44. The third-order valence-corrected chi connectivity index (χ3v) is 5.59. The highest BCUT2D eigenvalue weighted by molar-refractivity contribution is 7.99. The number of likely N-dealkylation sites (tertiary alicyclic amines) is 1. The molecular weight excluding hydrogens is 304 g/mol.